The van der Waals surface area contributed by atoms with Gasteiger partial charge in [-0.1, -0.05) is 0 Å². The number of nitrogens with zero attached hydrogens (tertiary/aromatic N) is 3. The summed E-state index contributed by atoms with van der Waals surface area (Å²) in [5.41, 5.74) is 8.77. The van der Waals surface area contributed by atoms with E-state index < -0.39 is 12.3 Å². The van der Waals surface area contributed by atoms with Crippen LogP contribution in [-0.4, -0.2) is 57.1 Å². The molecule has 1 saturated heterocycles. The van der Waals surface area contributed by atoms with E-state index in [9.17, 15) is 9.90 Å². The highest BCUT2D eigenvalue weighted by molar-refractivity contribution is 8.00. The third kappa shape index (κ3) is 2.78. The first-order valence-corrected chi connectivity index (χ1v) is 9.10. The third-order valence-corrected chi connectivity index (χ3v) is 6.21. The summed E-state index contributed by atoms with van der Waals surface area (Å²) in [5, 5.41) is 15.6. The molecule has 23 heavy (non-hydrogen) atoms. The molecule has 1 aromatic heterocycles. The number of aliphatic hydroxyl groups excluding tert-OH is 1. The summed E-state index contributed by atoms with van der Waals surface area (Å²) in [6, 6.07) is -0.425. The zero-order valence-electron chi connectivity index (χ0n) is 13.1. The molecule has 124 valence electrons. The topological polar surface area (TPSA) is 104 Å². The number of nitrogens with one attached hydrogen (secondary N) is 1. The van der Waals surface area contributed by atoms with E-state index in [1.807, 2.05) is 13.8 Å². The van der Waals surface area contributed by atoms with Crippen molar-refractivity contribution in [3.05, 3.63) is 22.3 Å². The van der Waals surface area contributed by atoms with E-state index in [-0.39, 0.29) is 11.3 Å². The maximum atomic E-state index is 12.4. The van der Waals surface area contributed by atoms with E-state index in [4.69, 9.17) is 5.73 Å². The number of nitrogen functional groups attached to an aromatic ring is 1. The van der Waals surface area contributed by atoms with Crippen molar-refractivity contribution in [3.63, 3.8) is 0 Å². The molecule has 1 fully saturated rings. The lowest BCUT2D eigenvalue weighted by Gasteiger charge is -2.50. The second-order valence-corrected chi connectivity index (χ2v) is 7.50. The Labute approximate surface area is 142 Å². The largest absolute Gasteiger partial charge is 0.375 e. The monoisotopic (exact) mass is 353 g/mol. The third-order valence-electron chi connectivity index (χ3n) is 4.11. The lowest BCUT2D eigenvalue weighted by molar-refractivity contribution is -0.144. The smallest absolute Gasteiger partial charge is 0.248 e. The van der Waals surface area contributed by atoms with Gasteiger partial charge in [-0.15, -0.1) is 23.1 Å². The summed E-state index contributed by atoms with van der Waals surface area (Å²) in [6.45, 7) is 4.00. The molecule has 0 bridgehead atoms. The zero-order chi connectivity index (χ0) is 16.7. The molecule has 9 heteroatoms. The van der Waals surface area contributed by atoms with Gasteiger partial charge in [0.05, 0.1) is 0 Å². The highest BCUT2D eigenvalue weighted by atomic mass is 32.2. The van der Waals surface area contributed by atoms with Gasteiger partial charge in [0.1, 0.15) is 22.8 Å². The number of aliphatic hydroxyl groups is 1. The summed E-state index contributed by atoms with van der Waals surface area (Å²) < 4.78 is 0. The summed E-state index contributed by atoms with van der Waals surface area (Å²) in [7, 11) is 1.58. The number of rotatable bonds is 4. The van der Waals surface area contributed by atoms with Crippen LogP contribution in [0.3, 0.4) is 0 Å². The molecule has 1 aromatic rings. The lowest BCUT2D eigenvalue weighted by atomic mass is 10.0. The average Bonchev–Trinajstić information content (AvgIpc) is 2.94. The molecule has 0 saturated carbocycles. The number of hydrogen-bond acceptors (Lipinski definition) is 8. The summed E-state index contributed by atoms with van der Waals surface area (Å²) >= 11 is 2.98. The lowest BCUT2D eigenvalue weighted by Crippen LogP contribution is -2.70. The van der Waals surface area contributed by atoms with Gasteiger partial charge in [0, 0.05) is 23.9 Å². The first kappa shape index (κ1) is 16.4. The highest BCUT2D eigenvalue weighted by Gasteiger charge is 2.51. The number of nitrogens with two attached hydrogens (primary N) is 1. The van der Waals surface area contributed by atoms with Crippen molar-refractivity contribution in [2.45, 2.75) is 31.5 Å². The Hall–Kier alpha value is -1.42. The van der Waals surface area contributed by atoms with Crippen molar-refractivity contribution in [2.24, 2.45) is 4.99 Å². The van der Waals surface area contributed by atoms with Crippen LogP contribution in [0.15, 0.2) is 21.6 Å². The predicted octanol–water partition coefficient (Wildman–Crippen LogP) is 0.630. The number of allylic oxidation sites excluding steroid dienone is 1. The van der Waals surface area contributed by atoms with Crippen LogP contribution < -0.4 is 11.1 Å². The second kappa shape index (κ2) is 6.23. The van der Waals surface area contributed by atoms with Gasteiger partial charge in [-0.3, -0.25) is 15.1 Å². The zero-order valence-corrected chi connectivity index (χ0v) is 14.7. The molecule has 0 aliphatic carbocycles. The van der Waals surface area contributed by atoms with E-state index in [1.165, 1.54) is 16.9 Å². The average molecular weight is 353 g/mol. The molecule has 0 radical (unpaired) electrons. The number of hydrogen-bond donors (Lipinski definition) is 3. The molecule has 3 heterocycles. The van der Waals surface area contributed by atoms with Gasteiger partial charge >= 0.3 is 0 Å². The molecule has 7 nitrogen and oxygen atoms in total. The second-order valence-electron chi connectivity index (χ2n) is 5.50. The minimum Gasteiger partial charge on any atom is -0.375 e. The Morgan fingerprint density at radius 2 is 2.35 bits per heavy atom. The maximum absolute atomic E-state index is 12.4. The van der Waals surface area contributed by atoms with E-state index in [0.717, 1.165) is 11.4 Å². The number of fused-ring (bicyclic) bond motifs is 1. The van der Waals surface area contributed by atoms with Crippen LogP contribution in [0.25, 0.3) is 0 Å². The van der Waals surface area contributed by atoms with E-state index in [2.05, 4.69) is 15.3 Å². The van der Waals surface area contributed by atoms with Crippen molar-refractivity contribution >= 4 is 39.8 Å². The van der Waals surface area contributed by atoms with Crippen molar-refractivity contribution in [1.29, 1.82) is 0 Å². The van der Waals surface area contributed by atoms with Gasteiger partial charge in [0.2, 0.25) is 5.91 Å². The molecule has 1 unspecified atom stereocenters. The van der Waals surface area contributed by atoms with Gasteiger partial charge in [0.25, 0.3) is 0 Å². The van der Waals surface area contributed by atoms with Crippen LogP contribution in [0.4, 0.5) is 5.13 Å². The number of β-lactam (4-membered cyclic amide) rings is 1. The molecular formula is C14H19N5O2S2. The number of thiazole rings is 1. The molecule has 2 aliphatic rings. The number of amides is 1. The molecular weight excluding hydrogens is 334 g/mol. The van der Waals surface area contributed by atoms with Crippen LogP contribution in [0.1, 0.15) is 19.5 Å². The number of thioether (sulfide) groups is 1. The Kier molecular flexibility index (Phi) is 4.45. The summed E-state index contributed by atoms with van der Waals surface area (Å²) in [4.78, 5) is 22.4. The van der Waals surface area contributed by atoms with Gasteiger partial charge in [-0.2, -0.15) is 0 Å². The Morgan fingerprint density at radius 1 is 1.61 bits per heavy atom. The summed E-state index contributed by atoms with van der Waals surface area (Å²) in [5.74, 6) is 0.873. The van der Waals surface area contributed by atoms with Crippen LogP contribution >= 0.6 is 23.1 Å². The van der Waals surface area contributed by atoms with Crippen LogP contribution in [0.5, 0.6) is 0 Å². The minimum atomic E-state index is -1.06. The van der Waals surface area contributed by atoms with Crippen LogP contribution in [0.2, 0.25) is 0 Å². The number of carbonyl (C=O) groups is 1. The van der Waals surface area contributed by atoms with Gasteiger partial charge in [-0.05, 0) is 19.4 Å². The molecule has 0 aromatic carbocycles. The molecule has 3 atom stereocenters. The standard InChI is InChI=1S/C14H19N5O2S2/c1-6-4-22-13-10(12(21)19(13)7(6)2)18-11(20)9(16-3)8-5-23-14(15)17-8/h5,10-11,13,18,20H,4H2,1-3H3,(H2,15,17)/t10?,11-,13+/m0/s1. The molecule has 1 amide bonds. The number of carbonyl (C=O) groups excluding carboxylic acids is 1. The fourth-order valence-corrected chi connectivity index (χ4v) is 4.68. The van der Waals surface area contributed by atoms with Gasteiger partial charge < -0.3 is 15.7 Å². The Bertz CT molecular complexity index is 699. The van der Waals surface area contributed by atoms with E-state index >= 15 is 0 Å². The predicted molar refractivity (Wildman–Crippen MR) is 93.4 cm³/mol. The van der Waals surface area contributed by atoms with Crippen molar-refractivity contribution in [2.75, 3.05) is 18.5 Å². The highest BCUT2D eigenvalue weighted by Crippen LogP contribution is 2.39. The Balaban J connectivity index is 1.72. The van der Waals surface area contributed by atoms with Gasteiger partial charge in [-0.25, -0.2) is 4.98 Å². The quantitative estimate of drug-likeness (QED) is 0.417. The molecule has 3 rings (SSSR count). The van der Waals surface area contributed by atoms with Crippen LogP contribution in [-0.2, 0) is 4.79 Å². The fraction of sp³-hybridized carbons (Fsp3) is 0.500. The molecule has 2 aliphatic heterocycles. The minimum absolute atomic E-state index is 0.0134. The number of anilines is 1. The van der Waals surface area contributed by atoms with Crippen LogP contribution in [0, 0.1) is 0 Å². The van der Waals surface area contributed by atoms with E-state index in [1.54, 1.807) is 29.1 Å². The first-order chi connectivity index (χ1) is 10.9. The molecule has 4 N–H and O–H groups in total. The summed E-state index contributed by atoms with van der Waals surface area (Å²) in [6.07, 6.45) is -1.06. The normalized spacial score (nSPS) is 26.2. The molecule has 0 spiro atoms. The van der Waals surface area contributed by atoms with Crippen molar-refractivity contribution < 1.29 is 9.90 Å². The Morgan fingerprint density at radius 3 is 2.96 bits per heavy atom. The number of aliphatic imine (C=N–C) groups is 1. The van der Waals surface area contributed by atoms with Gasteiger partial charge in [0.15, 0.2) is 11.4 Å². The number of aromatic nitrogens is 1. The first-order valence-electron chi connectivity index (χ1n) is 7.17. The van der Waals surface area contributed by atoms with E-state index in [0.29, 0.717) is 16.5 Å². The fourth-order valence-electron chi connectivity index (χ4n) is 2.70. The van der Waals surface area contributed by atoms with Crippen molar-refractivity contribution in [3.8, 4) is 0 Å². The van der Waals surface area contributed by atoms with Crippen molar-refractivity contribution in [1.82, 2.24) is 15.2 Å². The SMILES string of the molecule is CN=C(c1csc(N)n1)[C@H](O)NC1C(=O)N2C(C)=C(C)CS[C@H]12. The maximum Gasteiger partial charge on any atom is 0.248 e.